The smallest absolute Gasteiger partial charge is 0.131 e. The van der Waals surface area contributed by atoms with Gasteiger partial charge in [0.05, 0.1) is 0 Å². The number of nitrogens with zero attached hydrogens (tertiary/aromatic N) is 2. The van der Waals surface area contributed by atoms with Crippen molar-refractivity contribution in [1.29, 1.82) is 0 Å². The van der Waals surface area contributed by atoms with Gasteiger partial charge >= 0.3 is 0 Å². The summed E-state index contributed by atoms with van der Waals surface area (Å²) in [5, 5.41) is 0.554. The van der Waals surface area contributed by atoms with Gasteiger partial charge in [-0.1, -0.05) is 24.9 Å². The highest BCUT2D eigenvalue weighted by molar-refractivity contribution is 6.29. The van der Waals surface area contributed by atoms with Gasteiger partial charge in [0.25, 0.3) is 0 Å². The zero-order valence-electron chi connectivity index (χ0n) is 9.00. The number of halogens is 1. The molecule has 0 aliphatic carbocycles. The molecule has 14 heavy (non-hydrogen) atoms. The summed E-state index contributed by atoms with van der Waals surface area (Å²) in [5.74, 6) is 0. The zero-order valence-corrected chi connectivity index (χ0v) is 9.75. The van der Waals surface area contributed by atoms with Gasteiger partial charge < -0.3 is 4.90 Å². The SMILES string of the molecule is CCCC(C)N(C)c1ccnc(Cl)c1. The maximum absolute atomic E-state index is 5.83. The van der Waals surface area contributed by atoms with E-state index in [1.165, 1.54) is 12.8 Å². The molecule has 0 radical (unpaired) electrons. The quantitative estimate of drug-likeness (QED) is 0.712. The summed E-state index contributed by atoms with van der Waals surface area (Å²) in [5.41, 5.74) is 1.13. The Kier molecular flexibility index (Phi) is 4.21. The summed E-state index contributed by atoms with van der Waals surface area (Å²) < 4.78 is 0. The zero-order chi connectivity index (χ0) is 10.6. The lowest BCUT2D eigenvalue weighted by atomic mass is 10.1. The molecule has 0 aliphatic heterocycles. The lowest BCUT2D eigenvalue weighted by Gasteiger charge is -2.26. The first-order chi connectivity index (χ1) is 6.65. The molecule has 0 fully saturated rings. The third kappa shape index (κ3) is 2.88. The molecular weight excluding hydrogens is 196 g/mol. The van der Waals surface area contributed by atoms with Crippen LogP contribution >= 0.6 is 11.6 Å². The van der Waals surface area contributed by atoms with E-state index in [0.29, 0.717) is 11.2 Å². The normalized spacial score (nSPS) is 12.6. The minimum absolute atomic E-state index is 0.540. The minimum atomic E-state index is 0.540. The molecule has 2 nitrogen and oxygen atoms in total. The molecule has 1 aromatic rings. The average Bonchev–Trinajstić information content (AvgIpc) is 2.17. The molecule has 0 amide bonds. The molecule has 0 N–H and O–H groups in total. The summed E-state index contributed by atoms with van der Waals surface area (Å²) in [7, 11) is 2.09. The van der Waals surface area contributed by atoms with Crippen LogP contribution in [0.4, 0.5) is 5.69 Å². The second-order valence-electron chi connectivity index (χ2n) is 3.59. The minimum Gasteiger partial charge on any atom is -0.372 e. The number of rotatable bonds is 4. The third-order valence-corrected chi connectivity index (χ3v) is 2.69. The number of aromatic nitrogens is 1. The molecule has 1 aromatic heterocycles. The highest BCUT2D eigenvalue weighted by Crippen LogP contribution is 2.19. The largest absolute Gasteiger partial charge is 0.372 e. The van der Waals surface area contributed by atoms with Crippen LogP contribution in [0.1, 0.15) is 26.7 Å². The summed E-state index contributed by atoms with van der Waals surface area (Å²) >= 11 is 5.83. The molecular formula is C11H17ClN2. The van der Waals surface area contributed by atoms with Crippen LogP contribution < -0.4 is 4.90 Å². The second kappa shape index (κ2) is 5.20. The highest BCUT2D eigenvalue weighted by atomic mass is 35.5. The monoisotopic (exact) mass is 212 g/mol. The van der Waals surface area contributed by atoms with Crippen molar-refractivity contribution < 1.29 is 0 Å². The predicted octanol–water partition coefficient (Wildman–Crippen LogP) is 3.36. The van der Waals surface area contributed by atoms with E-state index in [1.807, 2.05) is 12.1 Å². The molecule has 3 heteroatoms. The molecule has 1 atom stereocenters. The molecule has 0 bridgehead atoms. The Balaban J connectivity index is 2.73. The summed E-state index contributed by atoms with van der Waals surface area (Å²) in [6, 6.07) is 4.42. The van der Waals surface area contributed by atoms with Crippen LogP contribution in [-0.2, 0) is 0 Å². The fraction of sp³-hybridized carbons (Fsp3) is 0.545. The average molecular weight is 213 g/mol. The highest BCUT2D eigenvalue weighted by Gasteiger charge is 2.08. The Morgan fingerprint density at radius 3 is 2.86 bits per heavy atom. The molecule has 0 aliphatic rings. The van der Waals surface area contributed by atoms with Crippen molar-refractivity contribution >= 4 is 17.3 Å². The van der Waals surface area contributed by atoms with E-state index in [9.17, 15) is 0 Å². The Bertz CT molecular complexity index is 288. The van der Waals surface area contributed by atoms with Gasteiger partial charge in [0.2, 0.25) is 0 Å². The topological polar surface area (TPSA) is 16.1 Å². The van der Waals surface area contributed by atoms with Gasteiger partial charge in [0.1, 0.15) is 5.15 Å². The maximum Gasteiger partial charge on any atom is 0.131 e. The second-order valence-corrected chi connectivity index (χ2v) is 3.97. The van der Waals surface area contributed by atoms with Crippen molar-refractivity contribution in [3.63, 3.8) is 0 Å². The molecule has 0 saturated carbocycles. The molecule has 1 rings (SSSR count). The van der Waals surface area contributed by atoms with E-state index in [2.05, 4.69) is 30.8 Å². The summed E-state index contributed by atoms with van der Waals surface area (Å²) in [4.78, 5) is 6.20. The van der Waals surface area contributed by atoms with Crippen LogP contribution in [0.25, 0.3) is 0 Å². The van der Waals surface area contributed by atoms with Crippen LogP contribution in [0.2, 0.25) is 5.15 Å². The molecule has 1 unspecified atom stereocenters. The lowest BCUT2D eigenvalue weighted by Crippen LogP contribution is -2.28. The van der Waals surface area contributed by atoms with Crippen molar-refractivity contribution in [3.8, 4) is 0 Å². The Morgan fingerprint density at radius 1 is 1.57 bits per heavy atom. The van der Waals surface area contributed by atoms with Crippen LogP contribution in [0.3, 0.4) is 0 Å². The fourth-order valence-corrected chi connectivity index (χ4v) is 1.65. The first-order valence-electron chi connectivity index (χ1n) is 4.99. The lowest BCUT2D eigenvalue weighted by molar-refractivity contribution is 0.616. The number of hydrogen-bond donors (Lipinski definition) is 0. The number of pyridine rings is 1. The fourth-order valence-electron chi connectivity index (χ4n) is 1.48. The van der Waals surface area contributed by atoms with E-state index >= 15 is 0 Å². The Hall–Kier alpha value is -0.760. The van der Waals surface area contributed by atoms with Gasteiger partial charge in [-0.05, 0) is 25.5 Å². The van der Waals surface area contributed by atoms with Crippen molar-refractivity contribution in [2.24, 2.45) is 0 Å². The van der Waals surface area contributed by atoms with Crippen molar-refractivity contribution in [1.82, 2.24) is 4.98 Å². The van der Waals surface area contributed by atoms with E-state index < -0.39 is 0 Å². The van der Waals surface area contributed by atoms with Gasteiger partial charge in [0, 0.05) is 25.0 Å². The number of hydrogen-bond acceptors (Lipinski definition) is 2. The van der Waals surface area contributed by atoms with E-state index in [1.54, 1.807) is 6.20 Å². The first kappa shape index (κ1) is 11.3. The Labute approximate surface area is 90.9 Å². The molecule has 78 valence electrons. The predicted molar refractivity (Wildman–Crippen MR) is 62.0 cm³/mol. The van der Waals surface area contributed by atoms with Crippen molar-refractivity contribution in [2.45, 2.75) is 32.7 Å². The van der Waals surface area contributed by atoms with E-state index in [-0.39, 0.29) is 0 Å². The van der Waals surface area contributed by atoms with Gasteiger partial charge in [-0.25, -0.2) is 4.98 Å². The van der Waals surface area contributed by atoms with E-state index in [0.717, 1.165) is 5.69 Å². The van der Waals surface area contributed by atoms with Gasteiger partial charge in [-0.15, -0.1) is 0 Å². The molecule has 1 heterocycles. The number of anilines is 1. The van der Waals surface area contributed by atoms with E-state index in [4.69, 9.17) is 11.6 Å². The third-order valence-electron chi connectivity index (χ3n) is 2.49. The summed E-state index contributed by atoms with van der Waals surface area (Å²) in [6.45, 7) is 4.42. The van der Waals surface area contributed by atoms with Gasteiger partial charge in [0.15, 0.2) is 0 Å². The molecule has 0 saturated heterocycles. The van der Waals surface area contributed by atoms with Crippen molar-refractivity contribution in [2.75, 3.05) is 11.9 Å². The van der Waals surface area contributed by atoms with Crippen LogP contribution in [0.15, 0.2) is 18.3 Å². The van der Waals surface area contributed by atoms with Gasteiger partial charge in [-0.2, -0.15) is 0 Å². The first-order valence-corrected chi connectivity index (χ1v) is 5.37. The summed E-state index contributed by atoms with van der Waals surface area (Å²) in [6.07, 6.45) is 4.13. The molecule has 0 aromatic carbocycles. The standard InChI is InChI=1S/C11H17ClN2/c1-4-5-9(2)14(3)10-6-7-13-11(12)8-10/h6-9H,4-5H2,1-3H3. The van der Waals surface area contributed by atoms with Crippen LogP contribution in [-0.4, -0.2) is 18.1 Å². The molecule has 0 spiro atoms. The van der Waals surface area contributed by atoms with Crippen LogP contribution in [0.5, 0.6) is 0 Å². The van der Waals surface area contributed by atoms with Gasteiger partial charge in [-0.3, -0.25) is 0 Å². The van der Waals surface area contributed by atoms with Crippen LogP contribution in [0, 0.1) is 0 Å². The Morgan fingerprint density at radius 2 is 2.29 bits per heavy atom. The maximum atomic E-state index is 5.83. The van der Waals surface area contributed by atoms with Crippen molar-refractivity contribution in [3.05, 3.63) is 23.5 Å².